The van der Waals surface area contributed by atoms with Crippen molar-refractivity contribution in [1.29, 1.82) is 0 Å². The van der Waals surface area contributed by atoms with Gasteiger partial charge in [-0.1, -0.05) is 70.8 Å². The number of rotatable bonds is 20. The van der Waals surface area contributed by atoms with E-state index in [0.717, 1.165) is 57.1 Å². The summed E-state index contributed by atoms with van der Waals surface area (Å²) in [5, 5.41) is 27.6. The van der Waals surface area contributed by atoms with Gasteiger partial charge in [0.15, 0.2) is 0 Å². The van der Waals surface area contributed by atoms with Crippen molar-refractivity contribution in [2.24, 2.45) is 0 Å². The number of esters is 1. The number of phenolic OH excluding ortho intramolecular Hbond substituents is 1. The molecule has 0 amide bonds. The summed E-state index contributed by atoms with van der Waals surface area (Å²) in [6, 6.07) is 5.46. The van der Waals surface area contributed by atoms with Gasteiger partial charge in [0.1, 0.15) is 17.6 Å². The van der Waals surface area contributed by atoms with E-state index in [-0.39, 0.29) is 24.9 Å². The van der Waals surface area contributed by atoms with Crippen molar-refractivity contribution in [3.05, 3.63) is 23.8 Å². The van der Waals surface area contributed by atoms with Crippen LogP contribution in [0.3, 0.4) is 0 Å². The van der Waals surface area contributed by atoms with Crippen molar-refractivity contribution in [3.8, 4) is 11.5 Å². The van der Waals surface area contributed by atoms with Gasteiger partial charge in [0.05, 0.1) is 19.8 Å². The molecule has 0 atom stereocenters. The number of benzene rings is 1. The quantitative estimate of drug-likeness (QED) is 0.183. The van der Waals surface area contributed by atoms with E-state index in [1.165, 1.54) is 37.7 Å². The van der Waals surface area contributed by atoms with Crippen LogP contribution in [0.4, 0.5) is 0 Å². The zero-order valence-electron chi connectivity index (χ0n) is 19.9. The Labute approximate surface area is 194 Å². The molecule has 0 spiro atoms. The number of carbonyl (C=O) groups excluding carboxylic acids is 1. The van der Waals surface area contributed by atoms with Crippen LogP contribution in [-0.2, 0) is 16.0 Å². The number of unbranched alkanes of at least 4 members (excludes halogenated alkanes) is 10. The number of ether oxygens (including phenoxy) is 2. The monoisotopic (exact) mass is 452 g/mol. The standard InChI is InChI=1S/C26H44O6/c1-2-3-4-11-14-22-16-17-23(29)19-25(22)31-18-13-10-8-6-5-7-9-12-15-26(30)32-24(20-27)21-28/h16-17,19,24,27-29H,2-15,18,20-21H2,1H3. The molecular weight excluding hydrogens is 408 g/mol. The van der Waals surface area contributed by atoms with Crippen LogP contribution in [0, 0.1) is 0 Å². The Hall–Kier alpha value is -1.79. The molecule has 0 heterocycles. The topological polar surface area (TPSA) is 96.2 Å². The van der Waals surface area contributed by atoms with Gasteiger partial charge in [-0.2, -0.15) is 0 Å². The molecule has 1 rings (SSSR count). The number of aliphatic hydroxyl groups excluding tert-OH is 2. The highest BCUT2D eigenvalue weighted by atomic mass is 16.6. The van der Waals surface area contributed by atoms with E-state index in [0.29, 0.717) is 13.0 Å². The van der Waals surface area contributed by atoms with Crippen LogP contribution < -0.4 is 4.74 Å². The number of aliphatic hydroxyl groups is 2. The highest BCUT2D eigenvalue weighted by Gasteiger charge is 2.11. The summed E-state index contributed by atoms with van der Waals surface area (Å²) in [6.45, 7) is 2.20. The van der Waals surface area contributed by atoms with Gasteiger partial charge in [-0.25, -0.2) is 0 Å². The highest BCUT2D eigenvalue weighted by molar-refractivity contribution is 5.69. The highest BCUT2D eigenvalue weighted by Crippen LogP contribution is 2.26. The largest absolute Gasteiger partial charge is 0.508 e. The molecule has 0 aliphatic carbocycles. The molecule has 184 valence electrons. The van der Waals surface area contributed by atoms with Crippen LogP contribution >= 0.6 is 0 Å². The minimum absolute atomic E-state index is 0.257. The Kier molecular flexibility index (Phi) is 16.5. The summed E-state index contributed by atoms with van der Waals surface area (Å²) >= 11 is 0. The van der Waals surface area contributed by atoms with Crippen molar-refractivity contribution in [3.63, 3.8) is 0 Å². The number of hydrogen-bond donors (Lipinski definition) is 3. The number of phenols is 1. The minimum atomic E-state index is -0.795. The summed E-state index contributed by atoms with van der Waals surface area (Å²) in [4.78, 5) is 11.6. The molecule has 6 nitrogen and oxygen atoms in total. The molecular formula is C26H44O6. The average Bonchev–Trinajstić information content (AvgIpc) is 2.79. The van der Waals surface area contributed by atoms with Crippen molar-refractivity contribution < 1.29 is 29.6 Å². The van der Waals surface area contributed by atoms with Crippen molar-refractivity contribution in [2.45, 2.75) is 103 Å². The maximum Gasteiger partial charge on any atom is 0.306 e. The molecule has 0 aromatic heterocycles. The maximum atomic E-state index is 11.6. The summed E-state index contributed by atoms with van der Waals surface area (Å²) in [5.74, 6) is 0.727. The van der Waals surface area contributed by atoms with Gasteiger partial charge in [0, 0.05) is 12.5 Å². The molecule has 0 saturated heterocycles. The van der Waals surface area contributed by atoms with Gasteiger partial charge in [0.2, 0.25) is 0 Å². The predicted octanol–water partition coefficient (Wildman–Crippen LogP) is 5.30. The molecule has 1 aromatic rings. The fourth-order valence-electron chi connectivity index (χ4n) is 3.62. The van der Waals surface area contributed by atoms with E-state index in [4.69, 9.17) is 19.7 Å². The second kappa shape index (κ2) is 18.8. The fourth-order valence-corrected chi connectivity index (χ4v) is 3.62. The minimum Gasteiger partial charge on any atom is -0.508 e. The lowest BCUT2D eigenvalue weighted by Crippen LogP contribution is -2.25. The first-order valence-corrected chi connectivity index (χ1v) is 12.5. The molecule has 3 N–H and O–H groups in total. The third-order valence-electron chi connectivity index (χ3n) is 5.59. The molecule has 0 fully saturated rings. The molecule has 0 saturated carbocycles. The SMILES string of the molecule is CCCCCCc1ccc(O)cc1OCCCCCCCCCCC(=O)OC(CO)CO. The fraction of sp³-hybridized carbons (Fsp3) is 0.731. The third-order valence-corrected chi connectivity index (χ3v) is 5.59. The van der Waals surface area contributed by atoms with Crippen LogP contribution in [0.2, 0.25) is 0 Å². The van der Waals surface area contributed by atoms with Crippen molar-refractivity contribution in [1.82, 2.24) is 0 Å². The lowest BCUT2D eigenvalue weighted by Gasteiger charge is -2.12. The molecule has 0 unspecified atom stereocenters. The molecule has 0 aliphatic heterocycles. The number of carbonyl (C=O) groups is 1. The Morgan fingerprint density at radius 2 is 1.50 bits per heavy atom. The van der Waals surface area contributed by atoms with E-state index >= 15 is 0 Å². The van der Waals surface area contributed by atoms with Gasteiger partial charge in [-0.05, 0) is 37.3 Å². The molecule has 32 heavy (non-hydrogen) atoms. The first-order chi connectivity index (χ1) is 15.6. The van der Waals surface area contributed by atoms with Gasteiger partial charge in [-0.3, -0.25) is 4.79 Å². The van der Waals surface area contributed by atoms with E-state index in [1.54, 1.807) is 12.1 Å². The predicted molar refractivity (Wildman–Crippen MR) is 127 cm³/mol. The van der Waals surface area contributed by atoms with Crippen molar-refractivity contribution >= 4 is 5.97 Å². The number of aryl methyl sites for hydroxylation is 1. The maximum absolute atomic E-state index is 11.6. The average molecular weight is 453 g/mol. The molecule has 0 aliphatic rings. The Morgan fingerprint density at radius 3 is 2.16 bits per heavy atom. The van der Waals surface area contributed by atoms with Gasteiger partial charge < -0.3 is 24.8 Å². The van der Waals surface area contributed by atoms with Crippen LogP contribution in [0.25, 0.3) is 0 Å². The van der Waals surface area contributed by atoms with E-state index in [9.17, 15) is 9.90 Å². The van der Waals surface area contributed by atoms with Gasteiger partial charge in [-0.15, -0.1) is 0 Å². The first kappa shape index (κ1) is 28.2. The number of aromatic hydroxyl groups is 1. The van der Waals surface area contributed by atoms with Crippen LogP contribution in [0.15, 0.2) is 18.2 Å². The van der Waals surface area contributed by atoms with E-state index in [2.05, 4.69) is 6.92 Å². The summed E-state index contributed by atoms with van der Waals surface area (Å²) in [5.41, 5.74) is 1.19. The Balaban J connectivity index is 2.05. The molecule has 0 bridgehead atoms. The Bertz CT molecular complexity index is 600. The Morgan fingerprint density at radius 1 is 0.875 bits per heavy atom. The summed E-state index contributed by atoms with van der Waals surface area (Å²) in [7, 11) is 0. The number of hydrogen-bond acceptors (Lipinski definition) is 6. The van der Waals surface area contributed by atoms with Crippen LogP contribution in [0.1, 0.15) is 96.0 Å². The molecule has 1 aromatic carbocycles. The smallest absolute Gasteiger partial charge is 0.306 e. The zero-order chi connectivity index (χ0) is 23.4. The summed E-state index contributed by atoms with van der Waals surface area (Å²) < 4.78 is 10.9. The second-order valence-corrected chi connectivity index (χ2v) is 8.51. The van der Waals surface area contributed by atoms with Crippen molar-refractivity contribution in [2.75, 3.05) is 19.8 Å². The lowest BCUT2D eigenvalue weighted by atomic mass is 10.0. The van der Waals surface area contributed by atoms with E-state index in [1.807, 2.05) is 6.07 Å². The molecule has 0 radical (unpaired) electrons. The normalized spacial score (nSPS) is 11.1. The third kappa shape index (κ3) is 13.6. The van der Waals surface area contributed by atoms with Gasteiger partial charge in [0.25, 0.3) is 0 Å². The molecule has 6 heteroatoms. The lowest BCUT2D eigenvalue weighted by molar-refractivity contribution is -0.153. The zero-order valence-corrected chi connectivity index (χ0v) is 19.9. The van der Waals surface area contributed by atoms with Gasteiger partial charge >= 0.3 is 5.97 Å². The summed E-state index contributed by atoms with van der Waals surface area (Å²) in [6.07, 6.45) is 13.9. The van der Waals surface area contributed by atoms with Crippen LogP contribution in [-0.4, -0.2) is 47.2 Å². The van der Waals surface area contributed by atoms with Crippen LogP contribution in [0.5, 0.6) is 11.5 Å². The van der Waals surface area contributed by atoms with E-state index < -0.39 is 6.10 Å². The first-order valence-electron chi connectivity index (χ1n) is 12.5. The second-order valence-electron chi connectivity index (χ2n) is 8.51.